The number of hydrogen-bond acceptors (Lipinski definition) is 10. The molecule has 0 amide bonds. The van der Waals surface area contributed by atoms with Gasteiger partial charge in [-0.25, -0.2) is 25.1 Å². The zero-order valence-corrected chi connectivity index (χ0v) is 30.7. The highest BCUT2D eigenvalue weighted by Crippen LogP contribution is 2.42. The molecule has 13 nitrogen and oxygen atoms in total. The Morgan fingerprint density at radius 3 is 1.83 bits per heavy atom. The van der Waals surface area contributed by atoms with Gasteiger partial charge in [-0.05, 0) is 47.5 Å². The number of anilines is 1. The second kappa shape index (κ2) is 20.0. The summed E-state index contributed by atoms with van der Waals surface area (Å²) in [4.78, 5) is 38.8. The third-order valence-electron chi connectivity index (χ3n) is 7.83. The maximum Gasteiger partial charge on any atom is 0.326 e. The Bertz CT molecular complexity index is 1240. The van der Waals surface area contributed by atoms with Gasteiger partial charge >= 0.3 is 11.9 Å². The Morgan fingerprint density at radius 1 is 0.830 bits per heavy atom. The number of nitrogen functional groups attached to an aromatic ring is 1. The molecule has 0 aliphatic carbocycles. The van der Waals surface area contributed by atoms with Gasteiger partial charge in [-0.3, -0.25) is 14.2 Å². The molecule has 2 aromatic heterocycles. The first-order valence-electron chi connectivity index (χ1n) is 17.3. The third kappa shape index (κ3) is 14.2. The zero-order chi connectivity index (χ0) is 34.9. The summed E-state index contributed by atoms with van der Waals surface area (Å²) in [6.07, 6.45) is 14.9. The summed E-state index contributed by atoms with van der Waals surface area (Å²) in [6, 6.07) is 0. The monoisotopic (exact) mass is 681 g/mol. The van der Waals surface area contributed by atoms with Crippen LogP contribution in [0.15, 0.2) is 12.7 Å². The highest BCUT2D eigenvalue weighted by Gasteiger charge is 2.43. The van der Waals surface area contributed by atoms with Gasteiger partial charge in [0.15, 0.2) is 11.5 Å². The number of unbranched alkanes of at least 4 members (excludes halogenated alkanes) is 10. The molecule has 47 heavy (non-hydrogen) atoms. The van der Waals surface area contributed by atoms with Crippen molar-refractivity contribution in [2.45, 2.75) is 149 Å². The van der Waals surface area contributed by atoms with E-state index in [-0.39, 0.29) is 25.4 Å². The van der Waals surface area contributed by atoms with Crippen LogP contribution >= 0.6 is 7.44 Å². The highest BCUT2D eigenvalue weighted by atomic mass is 31.2. The number of nitrogens with two attached hydrogens (primary N) is 1. The second-order valence-electron chi connectivity index (χ2n) is 13.5. The first kappa shape index (κ1) is 40.6. The van der Waals surface area contributed by atoms with E-state index in [1.807, 2.05) is 6.92 Å². The second-order valence-corrected chi connectivity index (χ2v) is 15.6. The average Bonchev–Trinajstić information content (AvgIpc) is 3.42. The van der Waals surface area contributed by atoms with Crippen LogP contribution in [-0.4, -0.2) is 68.2 Å². The van der Waals surface area contributed by atoms with E-state index in [4.69, 9.17) is 19.9 Å². The van der Waals surface area contributed by atoms with Crippen molar-refractivity contribution in [2.75, 3.05) is 25.3 Å². The SMILES string of the molecule is CCCCCCCCOC(=O)C(C)(C)NP(=O)(CO[C@H](C)Cn1cnc2c(N)ncnc21)NC(C)(C)C(=O)OCCCCCCCC. The smallest absolute Gasteiger partial charge is 0.326 e. The first-order valence-corrected chi connectivity index (χ1v) is 19.2. The van der Waals surface area contributed by atoms with E-state index >= 15 is 0 Å². The van der Waals surface area contributed by atoms with E-state index in [1.165, 1.54) is 44.9 Å². The molecule has 0 aliphatic heterocycles. The Balaban J connectivity index is 2.09. The third-order valence-corrected chi connectivity index (χ3v) is 10.2. The lowest BCUT2D eigenvalue weighted by atomic mass is 10.1. The van der Waals surface area contributed by atoms with E-state index in [9.17, 15) is 14.2 Å². The topological polar surface area (TPSA) is 173 Å². The molecule has 1 atom stereocenters. The van der Waals surface area contributed by atoms with E-state index in [1.54, 1.807) is 38.6 Å². The van der Waals surface area contributed by atoms with Crippen molar-refractivity contribution in [3.05, 3.63) is 12.7 Å². The number of carbonyl (C=O) groups excluding carboxylic acids is 2. The fraction of sp³-hybridized carbons (Fsp3) is 0.788. The number of nitrogens with one attached hydrogen (secondary N) is 2. The molecule has 0 radical (unpaired) electrons. The molecule has 4 N–H and O–H groups in total. The van der Waals surface area contributed by atoms with Crippen molar-refractivity contribution in [3.63, 3.8) is 0 Å². The van der Waals surface area contributed by atoms with Crippen LogP contribution in [0, 0.1) is 0 Å². The number of rotatable bonds is 25. The van der Waals surface area contributed by atoms with Crippen LogP contribution in [0.1, 0.15) is 126 Å². The van der Waals surface area contributed by atoms with Crippen molar-refractivity contribution in [3.8, 4) is 0 Å². The van der Waals surface area contributed by atoms with E-state index in [2.05, 4.69) is 39.0 Å². The summed E-state index contributed by atoms with van der Waals surface area (Å²) >= 11 is 0. The molecule has 0 spiro atoms. The predicted octanol–water partition coefficient (Wildman–Crippen LogP) is 6.51. The minimum absolute atomic E-state index is 0.274. The van der Waals surface area contributed by atoms with Gasteiger partial charge in [0.05, 0.1) is 32.2 Å². The van der Waals surface area contributed by atoms with Gasteiger partial charge < -0.3 is 24.5 Å². The quantitative estimate of drug-likeness (QED) is 0.0590. The van der Waals surface area contributed by atoms with Gasteiger partial charge in [-0.1, -0.05) is 78.1 Å². The summed E-state index contributed by atoms with van der Waals surface area (Å²) < 4.78 is 33.5. The summed E-state index contributed by atoms with van der Waals surface area (Å²) in [5.41, 5.74) is 4.27. The van der Waals surface area contributed by atoms with Crippen molar-refractivity contribution in [2.24, 2.45) is 0 Å². The Morgan fingerprint density at radius 2 is 1.32 bits per heavy atom. The van der Waals surface area contributed by atoms with Gasteiger partial charge in [0.1, 0.15) is 29.3 Å². The Hall–Kier alpha value is -2.60. The summed E-state index contributed by atoms with van der Waals surface area (Å²) in [5.74, 6) is -0.796. The molecule has 2 heterocycles. The van der Waals surface area contributed by atoms with Crippen LogP contribution in [0.25, 0.3) is 11.2 Å². The maximum absolute atomic E-state index is 14.6. The van der Waals surface area contributed by atoms with Crippen LogP contribution in [0.2, 0.25) is 0 Å². The van der Waals surface area contributed by atoms with E-state index < -0.39 is 36.6 Å². The number of ether oxygens (including phenoxy) is 3. The number of nitrogens with zero attached hydrogens (tertiary/aromatic N) is 4. The molecule has 0 bridgehead atoms. The average molecular weight is 682 g/mol. The van der Waals surface area contributed by atoms with E-state index in [0.717, 1.165) is 38.5 Å². The van der Waals surface area contributed by atoms with Crippen molar-refractivity contribution in [1.82, 2.24) is 29.7 Å². The number of esters is 2. The molecule has 0 saturated heterocycles. The number of aromatic nitrogens is 4. The summed E-state index contributed by atoms with van der Waals surface area (Å²) in [5, 5.41) is 5.95. The van der Waals surface area contributed by atoms with Crippen LogP contribution in [0.5, 0.6) is 0 Å². The van der Waals surface area contributed by atoms with Crippen molar-refractivity contribution in [1.29, 1.82) is 0 Å². The molecule has 0 aliphatic rings. The van der Waals surface area contributed by atoms with Crippen molar-refractivity contribution >= 4 is 36.4 Å². The number of fused-ring (bicyclic) bond motifs is 1. The summed E-state index contributed by atoms with van der Waals surface area (Å²) in [7, 11) is -3.78. The molecule has 268 valence electrons. The molecule has 0 aromatic carbocycles. The molecule has 0 saturated carbocycles. The van der Waals surface area contributed by atoms with Crippen LogP contribution in [0.4, 0.5) is 5.82 Å². The lowest BCUT2D eigenvalue weighted by Gasteiger charge is -2.35. The van der Waals surface area contributed by atoms with Gasteiger partial charge in [0.2, 0.25) is 7.44 Å². The van der Waals surface area contributed by atoms with Gasteiger partial charge in [0, 0.05) is 0 Å². The van der Waals surface area contributed by atoms with Gasteiger partial charge in [-0.15, -0.1) is 0 Å². The molecule has 0 unspecified atom stereocenters. The lowest BCUT2D eigenvalue weighted by molar-refractivity contribution is -0.149. The fourth-order valence-electron chi connectivity index (χ4n) is 5.14. The molecule has 0 fully saturated rings. The first-order chi connectivity index (χ1) is 22.2. The number of carbonyl (C=O) groups is 2. The Kier molecular flexibility index (Phi) is 17.3. The molecule has 14 heteroatoms. The molecular formula is C33H60N7O6P. The molecular weight excluding hydrogens is 621 g/mol. The van der Waals surface area contributed by atoms with Crippen LogP contribution in [-0.2, 0) is 34.9 Å². The zero-order valence-electron chi connectivity index (χ0n) is 29.8. The maximum atomic E-state index is 14.6. The minimum Gasteiger partial charge on any atom is -0.464 e. The predicted molar refractivity (Wildman–Crippen MR) is 186 cm³/mol. The standard InChI is InChI=1S/C33H60N7O6P/c1-8-10-12-14-16-18-20-44-30(41)32(4,5)38-47(43,39-33(6,7)31(42)45-21-19-17-15-13-11-9-2)25-46-26(3)22-40-24-37-27-28(34)35-23-36-29(27)40/h23-24,26H,8-22,25H2,1-7H3,(H2,34,35,36)(H2,38,39,43)/t26-/m1/s1. The molecule has 2 aromatic rings. The van der Waals surface area contributed by atoms with Crippen LogP contribution < -0.4 is 15.9 Å². The number of imidazole rings is 1. The van der Waals surface area contributed by atoms with Crippen molar-refractivity contribution < 1.29 is 28.4 Å². The fourth-order valence-corrected chi connectivity index (χ4v) is 7.77. The van der Waals surface area contributed by atoms with E-state index in [0.29, 0.717) is 17.7 Å². The molecule has 2 rings (SSSR count). The van der Waals surface area contributed by atoms with Gasteiger partial charge in [-0.2, -0.15) is 0 Å². The van der Waals surface area contributed by atoms with Gasteiger partial charge in [0.25, 0.3) is 0 Å². The Labute approximate surface area is 281 Å². The lowest BCUT2D eigenvalue weighted by Crippen LogP contribution is -2.54. The highest BCUT2D eigenvalue weighted by molar-refractivity contribution is 7.59. The normalized spacial score (nSPS) is 13.2. The number of hydrogen-bond donors (Lipinski definition) is 3. The minimum atomic E-state index is -3.78. The largest absolute Gasteiger partial charge is 0.464 e. The summed E-state index contributed by atoms with van der Waals surface area (Å²) in [6.45, 7) is 13.5. The van der Waals surface area contributed by atoms with Crippen LogP contribution in [0.3, 0.4) is 0 Å².